The summed E-state index contributed by atoms with van der Waals surface area (Å²) in [5, 5.41) is 7.62. The van der Waals surface area contributed by atoms with Gasteiger partial charge in [0, 0.05) is 33.0 Å². The minimum absolute atomic E-state index is 0.0392. The van der Waals surface area contributed by atoms with Crippen molar-refractivity contribution in [2.24, 2.45) is 5.73 Å². The van der Waals surface area contributed by atoms with Crippen LogP contribution in [-0.4, -0.2) is 50.8 Å². The maximum Gasteiger partial charge on any atom is 0.143 e. The minimum atomic E-state index is -0.0392. The van der Waals surface area contributed by atoms with Crippen molar-refractivity contribution in [2.75, 3.05) is 38.9 Å². The van der Waals surface area contributed by atoms with Crippen molar-refractivity contribution >= 4 is 11.5 Å². The first-order chi connectivity index (χ1) is 9.11. The third kappa shape index (κ3) is 4.18. The topological polar surface area (TPSA) is 84.5 Å². The fourth-order valence-electron chi connectivity index (χ4n) is 1.94. The van der Waals surface area contributed by atoms with Gasteiger partial charge < -0.3 is 20.1 Å². The number of methoxy groups -OCH3 is 2. The third-order valence-electron chi connectivity index (χ3n) is 2.83. The summed E-state index contributed by atoms with van der Waals surface area (Å²) in [7, 11) is 3.33. The van der Waals surface area contributed by atoms with E-state index in [1.807, 2.05) is 12.1 Å². The fourth-order valence-corrected chi connectivity index (χ4v) is 1.94. The Morgan fingerprint density at radius 1 is 1.47 bits per heavy atom. The molecule has 1 aromatic heterocycles. The van der Waals surface area contributed by atoms with E-state index in [2.05, 4.69) is 16.8 Å². The van der Waals surface area contributed by atoms with Crippen LogP contribution in [0.5, 0.6) is 0 Å². The van der Waals surface area contributed by atoms with Crippen LogP contribution in [0.25, 0.3) is 0 Å². The lowest BCUT2D eigenvalue weighted by molar-refractivity contribution is 0.171. The number of hydrogen-bond donors (Lipinski definition) is 2. The van der Waals surface area contributed by atoms with Gasteiger partial charge in [-0.05, 0) is 19.1 Å². The van der Waals surface area contributed by atoms with Crippen molar-refractivity contribution in [3.63, 3.8) is 0 Å². The summed E-state index contributed by atoms with van der Waals surface area (Å²) in [5.74, 6) is -0.0392. The van der Waals surface area contributed by atoms with Gasteiger partial charge in [0.15, 0.2) is 0 Å². The Bertz CT molecular complexity index is 411. The molecule has 0 saturated carbocycles. The summed E-state index contributed by atoms with van der Waals surface area (Å²) in [4.78, 5) is 6.27. The molecule has 0 radical (unpaired) electrons. The maximum absolute atomic E-state index is 7.62. The average molecular weight is 266 g/mol. The Kier molecular flexibility index (Phi) is 6.24. The zero-order chi connectivity index (χ0) is 14.3. The van der Waals surface area contributed by atoms with Crippen molar-refractivity contribution in [3.8, 4) is 0 Å². The van der Waals surface area contributed by atoms with Crippen LogP contribution in [0.1, 0.15) is 12.6 Å². The quantitative estimate of drug-likeness (QED) is 0.538. The van der Waals surface area contributed by atoms with Crippen LogP contribution < -0.4 is 10.6 Å². The number of ether oxygens (including phenoxy) is 2. The van der Waals surface area contributed by atoms with Gasteiger partial charge in [-0.15, -0.1) is 0 Å². The maximum atomic E-state index is 7.62. The number of amidine groups is 1. The monoisotopic (exact) mass is 266 g/mol. The number of nitrogen functional groups attached to an aromatic ring is 1. The molecule has 1 atom stereocenters. The molecule has 3 N–H and O–H groups in total. The number of hydrogen-bond acceptors (Lipinski definition) is 5. The molecule has 0 fully saturated rings. The summed E-state index contributed by atoms with van der Waals surface area (Å²) in [5.41, 5.74) is 6.90. The van der Waals surface area contributed by atoms with Crippen LogP contribution in [0, 0.1) is 5.41 Å². The Hall–Kier alpha value is -1.66. The van der Waals surface area contributed by atoms with E-state index in [0.29, 0.717) is 25.5 Å². The van der Waals surface area contributed by atoms with Gasteiger partial charge in [-0.3, -0.25) is 10.4 Å². The van der Waals surface area contributed by atoms with Crippen LogP contribution in [0.15, 0.2) is 18.3 Å². The number of nitrogens with one attached hydrogen (secondary N) is 1. The number of pyridine rings is 1. The molecule has 0 aromatic carbocycles. The van der Waals surface area contributed by atoms with Crippen molar-refractivity contribution in [2.45, 2.75) is 13.0 Å². The van der Waals surface area contributed by atoms with E-state index in [-0.39, 0.29) is 11.9 Å². The molecule has 0 aliphatic carbocycles. The SMILES string of the molecule is COCCN(c1cccnc1C(=N)N)C(C)COC. The second kappa shape index (κ2) is 7.70. The zero-order valence-corrected chi connectivity index (χ0v) is 11.7. The molecule has 0 aliphatic heterocycles. The normalized spacial score (nSPS) is 12.2. The molecule has 6 nitrogen and oxygen atoms in total. The highest BCUT2D eigenvalue weighted by molar-refractivity contribution is 5.98. The van der Waals surface area contributed by atoms with E-state index in [0.717, 1.165) is 5.69 Å². The first-order valence-corrected chi connectivity index (χ1v) is 6.15. The molecular weight excluding hydrogens is 244 g/mol. The highest BCUT2D eigenvalue weighted by Crippen LogP contribution is 2.20. The summed E-state index contributed by atoms with van der Waals surface area (Å²) < 4.78 is 10.3. The Morgan fingerprint density at radius 3 is 2.79 bits per heavy atom. The molecule has 0 bridgehead atoms. The van der Waals surface area contributed by atoms with Crippen LogP contribution in [0.4, 0.5) is 5.69 Å². The predicted octanol–water partition coefficient (Wildman–Crippen LogP) is 0.853. The van der Waals surface area contributed by atoms with E-state index in [9.17, 15) is 0 Å². The van der Waals surface area contributed by atoms with Gasteiger partial charge in [0.05, 0.1) is 18.9 Å². The lowest BCUT2D eigenvalue weighted by Gasteiger charge is -2.31. The van der Waals surface area contributed by atoms with Crippen molar-refractivity contribution in [1.82, 2.24) is 4.98 Å². The number of anilines is 1. The highest BCUT2D eigenvalue weighted by Gasteiger charge is 2.19. The van der Waals surface area contributed by atoms with E-state index in [4.69, 9.17) is 20.6 Å². The summed E-state index contributed by atoms with van der Waals surface area (Å²) in [6, 6.07) is 3.88. The summed E-state index contributed by atoms with van der Waals surface area (Å²) in [6.07, 6.45) is 1.63. The Balaban J connectivity index is 3.05. The van der Waals surface area contributed by atoms with E-state index < -0.39 is 0 Å². The van der Waals surface area contributed by atoms with E-state index >= 15 is 0 Å². The summed E-state index contributed by atoms with van der Waals surface area (Å²) >= 11 is 0. The second-order valence-electron chi connectivity index (χ2n) is 4.28. The molecule has 0 saturated heterocycles. The molecule has 1 unspecified atom stereocenters. The van der Waals surface area contributed by atoms with Crippen LogP contribution in [-0.2, 0) is 9.47 Å². The van der Waals surface area contributed by atoms with Crippen LogP contribution >= 0.6 is 0 Å². The average Bonchev–Trinajstić information content (AvgIpc) is 2.40. The van der Waals surface area contributed by atoms with Gasteiger partial charge in [-0.2, -0.15) is 0 Å². The van der Waals surface area contributed by atoms with Gasteiger partial charge in [0.25, 0.3) is 0 Å². The molecule has 1 aromatic rings. The highest BCUT2D eigenvalue weighted by atomic mass is 16.5. The molecule has 0 aliphatic rings. The standard InChI is InChI=1S/C13H22N4O2/c1-10(9-19-3)17(7-8-18-2)11-5-4-6-16-12(11)13(14)15/h4-6,10H,7-9H2,1-3H3,(H3,14,15). The molecule has 0 spiro atoms. The molecule has 1 rings (SSSR count). The zero-order valence-electron chi connectivity index (χ0n) is 11.7. The minimum Gasteiger partial charge on any atom is -0.383 e. The van der Waals surface area contributed by atoms with E-state index in [1.54, 1.807) is 20.4 Å². The second-order valence-corrected chi connectivity index (χ2v) is 4.28. The van der Waals surface area contributed by atoms with Crippen LogP contribution in [0.2, 0.25) is 0 Å². The van der Waals surface area contributed by atoms with Crippen molar-refractivity contribution in [1.29, 1.82) is 5.41 Å². The first kappa shape index (κ1) is 15.4. The first-order valence-electron chi connectivity index (χ1n) is 6.15. The molecule has 19 heavy (non-hydrogen) atoms. The fraction of sp³-hybridized carbons (Fsp3) is 0.538. The lowest BCUT2D eigenvalue weighted by Crippen LogP contribution is -2.40. The predicted molar refractivity (Wildman–Crippen MR) is 75.8 cm³/mol. The molecular formula is C13H22N4O2. The molecule has 0 amide bonds. The van der Waals surface area contributed by atoms with Crippen molar-refractivity contribution < 1.29 is 9.47 Å². The number of aromatic nitrogens is 1. The third-order valence-corrected chi connectivity index (χ3v) is 2.83. The molecule has 6 heteroatoms. The Morgan fingerprint density at radius 2 is 2.21 bits per heavy atom. The van der Waals surface area contributed by atoms with Gasteiger partial charge in [0.2, 0.25) is 0 Å². The van der Waals surface area contributed by atoms with E-state index in [1.165, 1.54) is 0 Å². The number of rotatable bonds is 8. The smallest absolute Gasteiger partial charge is 0.143 e. The Labute approximate surface area is 114 Å². The van der Waals surface area contributed by atoms with Gasteiger partial charge in [-0.25, -0.2) is 0 Å². The van der Waals surface area contributed by atoms with Crippen molar-refractivity contribution in [3.05, 3.63) is 24.0 Å². The van der Waals surface area contributed by atoms with Gasteiger partial charge in [0.1, 0.15) is 11.5 Å². The number of nitrogens with zero attached hydrogens (tertiary/aromatic N) is 2. The summed E-state index contributed by atoms with van der Waals surface area (Å²) in [6.45, 7) is 3.90. The van der Waals surface area contributed by atoms with Gasteiger partial charge in [-0.1, -0.05) is 0 Å². The van der Waals surface area contributed by atoms with Crippen LogP contribution in [0.3, 0.4) is 0 Å². The molecule has 1 heterocycles. The number of nitrogens with two attached hydrogens (primary N) is 1. The van der Waals surface area contributed by atoms with Gasteiger partial charge >= 0.3 is 0 Å². The largest absolute Gasteiger partial charge is 0.383 e. The lowest BCUT2D eigenvalue weighted by atomic mass is 10.2. The molecule has 106 valence electrons.